The Labute approximate surface area is 180 Å². The Hall–Kier alpha value is -2.37. The number of guanidine groups is 1. The van der Waals surface area contributed by atoms with Gasteiger partial charge in [0.25, 0.3) is 0 Å². The molecule has 30 heavy (non-hydrogen) atoms. The molecule has 6 heteroatoms. The molecule has 0 radical (unpaired) electrons. The lowest BCUT2D eigenvalue weighted by Crippen LogP contribution is -2.48. The topological polar surface area (TPSA) is 58.3 Å². The number of hydrogen-bond acceptors (Lipinski definition) is 3. The average Bonchev–Trinajstić information content (AvgIpc) is 2.99. The molecule has 6 nitrogen and oxygen atoms in total. The summed E-state index contributed by atoms with van der Waals surface area (Å²) < 4.78 is 2.34. The number of hydrogen-bond donors (Lipinski definition) is 1. The van der Waals surface area contributed by atoms with Crippen LogP contribution in [0.1, 0.15) is 62.7 Å². The smallest absolute Gasteiger partial charge is 0.193 e. The first-order valence-corrected chi connectivity index (χ1v) is 11.8. The molecule has 3 heterocycles. The maximum Gasteiger partial charge on any atom is 0.193 e. The number of benzene rings is 1. The van der Waals surface area contributed by atoms with Crippen molar-refractivity contribution in [3.63, 3.8) is 0 Å². The second-order valence-electron chi connectivity index (χ2n) is 8.71. The fourth-order valence-electron chi connectivity index (χ4n) is 4.95. The third-order valence-corrected chi connectivity index (χ3v) is 6.55. The van der Waals surface area contributed by atoms with E-state index in [1.165, 1.54) is 31.2 Å². The summed E-state index contributed by atoms with van der Waals surface area (Å²) in [5.41, 5.74) is 1.47. The van der Waals surface area contributed by atoms with Crippen LogP contribution >= 0.6 is 0 Å². The second kappa shape index (κ2) is 10.1. The Balaban J connectivity index is 1.38. The van der Waals surface area contributed by atoms with Crippen LogP contribution in [0.3, 0.4) is 0 Å². The normalized spacial score (nSPS) is 22.5. The fourth-order valence-corrected chi connectivity index (χ4v) is 4.95. The van der Waals surface area contributed by atoms with Crippen molar-refractivity contribution in [1.82, 2.24) is 25.0 Å². The minimum absolute atomic E-state index is 0.609. The van der Waals surface area contributed by atoms with Gasteiger partial charge in [-0.3, -0.25) is 4.99 Å². The molecular formula is C24H36N6. The molecule has 2 aliphatic heterocycles. The summed E-state index contributed by atoms with van der Waals surface area (Å²) in [6.45, 7) is 9.33. The van der Waals surface area contributed by atoms with Crippen molar-refractivity contribution in [2.45, 2.75) is 64.8 Å². The van der Waals surface area contributed by atoms with Crippen molar-refractivity contribution >= 4 is 5.96 Å². The average molecular weight is 409 g/mol. The Morgan fingerprint density at radius 3 is 2.80 bits per heavy atom. The summed E-state index contributed by atoms with van der Waals surface area (Å²) in [5, 5.41) is 12.4. The van der Waals surface area contributed by atoms with Crippen LogP contribution in [0.4, 0.5) is 0 Å². The molecule has 2 unspecified atom stereocenters. The van der Waals surface area contributed by atoms with Crippen molar-refractivity contribution < 1.29 is 0 Å². The zero-order valence-electron chi connectivity index (χ0n) is 18.6. The predicted molar refractivity (Wildman–Crippen MR) is 122 cm³/mol. The van der Waals surface area contributed by atoms with Gasteiger partial charge < -0.3 is 14.8 Å². The number of aromatic nitrogens is 3. The number of nitrogens with zero attached hydrogens (tertiary/aromatic N) is 5. The van der Waals surface area contributed by atoms with Crippen LogP contribution in [0.2, 0.25) is 0 Å². The van der Waals surface area contributed by atoms with Gasteiger partial charge in [-0.05, 0) is 43.6 Å². The molecule has 1 aromatic carbocycles. The lowest BCUT2D eigenvalue weighted by molar-refractivity contribution is 0.234. The summed E-state index contributed by atoms with van der Waals surface area (Å²) in [6, 6.07) is 11.0. The quantitative estimate of drug-likeness (QED) is 0.606. The van der Waals surface area contributed by atoms with Gasteiger partial charge in [0.2, 0.25) is 0 Å². The molecular weight excluding hydrogens is 372 g/mol. The molecule has 0 aliphatic carbocycles. The molecule has 1 fully saturated rings. The Bertz CT molecular complexity index is 827. The van der Waals surface area contributed by atoms with Crippen LogP contribution in [0.15, 0.2) is 35.3 Å². The fraction of sp³-hybridized carbons (Fsp3) is 0.625. The Morgan fingerprint density at radius 1 is 1.13 bits per heavy atom. The number of likely N-dealkylation sites (tertiary alicyclic amines) is 1. The number of aliphatic imine (C=N–C) groups is 1. The Kier molecular flexibility index (Phi) is 7.03. The van der Waals surface area contributed by atoms with Crippen molar-refractivity contribution in [1.29, 1.82) is 0 Å². The van der Waals surface area contributed by atoms with Crippen molar-refractivity contribution in [3.8, 4) is 0 Å². The third-order valence-electron chi connectivity index (χ3n) is 6.55. The summed E-state index contributed by atoms with van der Waals surface area (Å²) in [4.78, 5) is 7.41. The highest BCUT2D eigenvalue weighted by Crippen LogP contribution is 2.32. The minimum atomic E-state index is 0.609. The zero-order valence-corrected chi connectivity index (χ0v) is 18.6. The molecule has 1 N–H and O–H groups in total. The van der Waals surface area contributed by atoms with Crippen molar-refractivity contribution in [3.05, 3.63) is 47.5 Å². The molecule has 4 rings (SSSR count). The van der Waals surface area contributed by atoms with E-state index in [-0.39, 0.29) is 0 Å². The van der Waals surface area contributed by atoms with E-state index < -0.39 is 0 Å². The van der Waals surface area contributed by atoms with Crippen molar-refractivity contribution in [2.24, 2.45) is 10.9 Å². The lowest BCUT2D eigenvalue weighted by Gasteiger charge is -2.39. The van der Waals surface area contributed by atoms with E-state index in [4.69, 9.17) is 4.99 Å². The molecule has 2 atom stereocenters. The van der Waals surface area contributed by atoms with Gasteiger partial charge in [-0.25, -0.2) is 0 Å². The Morgan fingerprint density at radius 2 is 2.00 bits per heavy atom. The molecule has 0 bridgehead atoms. The van der Waals surface area contributed by atoms with E-state index in [0.29, 0.717) is 11.8 Å². The molecule has 2 aliphatic rings. The van der Waals surface area contributed by atoms with Crippen LogP contribution in [-0.4, -0.2) is 51.8 Å². The van der Waals surface area contributed by atoms with E-state index in [1.54, 1.807) is 0 Å². The molecule has 162 valence electrons. The van der Waals surface area contributed by atoms with Gasteiger partial charge in [0.15, 0.2) is 5.96 Å². The number of fused-ring (bicyclic) bond motifs is 1. The summed E-state index contributed by atoms with van der Waals surface area (Å²) in [6.07, 6.45) is 6.86. The summed E-state index contributed by atoms with van der Waals surface area (Å²) in [7, 11) is 0. The van der Waals surface area contributed by atoms with Crippen LogP contribution in [0, 0.1) is 5.92 Å². The molecule has 2 aromatic rings. The maximum atomic E-state index is 4.97. The zero-order chi connectivity index (χ0) is 20.8. The summed E-state index contributed by atoms with van der Waals surface area (Å²) >= 11 is 0. The van der Waals surface area contributed by atoms with Gasteiger partial charge >= 0.3 is 0 Å². The van der Waals surface area contributed by atoms with Gasteiger partial charge in [-0.2, -0.15) is 0 Å². The third kappa shape index (κ3) is 4.85. The molecule has 0 amide bonds. The first-order valence-electron chi connectivity index (χ1n) is 11.8. The first kappa shape index (κ1) is 20.9. The van der Waals surface area contributed by atoms with Crippen LogP contribution < -0.4 is 5.32 Å². The van der Waals surface area contributed by atoms with E-state index in [9.17, 15) is 0 Å². The van der Waals surface area contributed by atoms with Crippen LogP contribution in [0.5, 0.6) is 0 Å². The van der Waals surface area contributed by atoms with Crippen molar-refractivity contribution in [2.75, 3.05) is 26.2 Å². The largest absolute Gasteiger partial charge is 0.357 e. The molecule has 1 saturated heterocycles. The monoisotopic (exact) mass is 408 g/mol. The summed E-state index contributed by atoms with van der Waals surface area (Å²) in [5.74, 6) is 4.55. The van der Waals surface area contributed by atoms with Gasteiger partial charge in [0.05, 0.1) is 0 Å². The standard InChI is InChI=1S/C24H36N6/c1-3-25-24(26-15-13-23-28-27-22-12-8-5-9-16-30(22)23)29-17-14-21(19(2)18-29)20-10-6-4-7-11-20/h4,6-7,10-11,19,21H,3,5,8-9,12-18H2,1-2H3,(H,25,26). The highest BCUT2D eigenvalue weighted by molar-refractivity contribution is 5.80. The number of nitrogens with one attached hydrogen (secondary N) is 1. The van der Waals surface area contributed by atoms with Gasteiger partial charge in [0.1, 0.15) is 11.6 Å². The number of aryl methyl sites for hydroxylation is 1. The molecule has 0 saturated carbocycles. The van der Waals surface area contributed by atoms with E-state index in [1.807, 2.05) is 0 Å². The minimum Gasteiger partial charge on any atom is -0.357 e. The SMILES string of the molecule is CCNC(=NCCc1nnc2n1CCCCC2)N1CCC(c2ccccc2)C(C)C1. The number of rotatable bonds is 5. The first-order chi connectivity index (χ1) is 14.8. The van der Waals surface area contributed by atoms with E-state index >= 15 is 0 Å². The number of piperidine rings is 1. The maximum absolute atomic E-state index is 4.97. The van der Waals surface area contributed by atoms with Gasteiger partial charge in [0, 0.05) is 45.6 Å². The lowest BCUT2D eigenvalue weighted by atomic mass is 9.82. The van der Waals surface area contributed by atoms with E-state index in [2.05, 4.69) is 69.2 Å². The molecule has 0 spiro atoms. The highest BCUT2D eigenvalue weighted by atomic mass is 15.3. The van der Waals surface area contributed by atoms with E-state index in [0.717, 1.165) is 63.2 Å². The highest BCUT2D eigenvalue weighted by Gasteiger charge is 2.28. The predicted octanol–water partition coefficient (Wildman–Crippen LogP) is 3.64. The molecule has 1 aromatic heterocycles. The van der Waals surface area contributed by atoms with Crippen LogP contribution in [-0.2, 0) is 19.4 Å². The van der Waals surface area contributed by atoms with Crippen LogP contribution in [0.25, 0.3) is 0 Å². The van der Waals surface area contributed by atoms with Gasteiger partial charge in [-0.15, -0.1) is 10.2 Å². The second-order valence-corrected chi connectivity index (χ2v) is 8.71. The van der Waals surface area contributed by atoms with Gasteiger partial charge in [-0.1, -0.05) is 43.7 Å².